The molecule has 2 aliphatic heterocycles. The maximum atomic E-state index is 5.17. The van der Waals surface area contributed by atoms with E-state index in [0.29, 0.717) is 0 Å². The zero-order valence-corrected chi connectivity index (χ0v) is 28.3. The Labute approximate surface area is 294 Å². The topological polar surface area (TPSA) is 29.3 Å². The standard InChI is InChI=1S/C44H31N3S2/c1-3-12-28(13-4-1)36-27-37(46-44(45-36)29-14-5-2-6-15-29)32-18-11-19-33(24-32)47-38-26-31-17-8-7-16-30(31)25-35(38)34-22-23-41-43(42(34)47)49-40-21-10-9-20-39(40)48-41/h1-7,9-16,18-27,44,46H,8,17H2. The number of rotatable bonds is 4. The molecule has 0 bridgehead atoms. The highest BCUT2D eigenvalue weighted by Crippen LogP contribution is 2.52. The first-order chi connectivity index (χ1) is 24.3. The minimum absolute atomic E-state index is 0.187. The average Bonchev–Trinajstić information content (AvgIpc) is 3.50. The molecular weight excluding hydrogens is 635 g/mol. The molecule has 1 aliphatic carbocycles. The molecule has 234 valence electrons. The molecule has 0 fully saturated rings. The SMILES string of the molecule is C1=Cc2cc3c4ccc5c(c4n(-c4cccc(C6=CC(c7ccccc7)=NC(c7ccccc7)N6)c4)c3cc2CC1)Sc1ccccc1S5. The second-order valence-corrected chi connectivity index (χ2v) is 14.9. The van der Waals surface area contributed by atoms with Gasteiger partial charge in [0.1, 0.15) is 6.17 Å². The van der Waals surface area contributed by atoms with Gasteiger partial charge in [-0.15, -0.1) is 0 Å². The van der Waals surface area contributed by atoms with Crippen LogP contribution in [0.4, 0.5) is 0 Å². The van der Waals surface area contributed by atoms with Gasteiger partial charge >= 0.3 is 0 Å². The Morgan fingerprint density at radius 3 is 2.31 bits per heavy atom. The van der Waals surface area contributed by atoms with E-state index < -0.39 is 0 Å². The van der Waals surface area contributed by atoms with Crippen molar-refractivity contribution in [3.63, 3.8) is 0 Å². The van der Waals surface area contributed by atoms with E-state index in [1.807, 2.05) is 23.5 Å². The van der Waals surface area contributed by atoms with Crippen molar-refractivity contribution in [3.8, 4) is 5.69 Å². The van der Waals surface area contributed by atoms with Gasteiger partial charge in [-0.05, 0) is 89.2 Å². The monoisotopic (exact) mass is 665 g/mol. The van der Waals surface area contributed by atoms with Crippen LogP contribution in [-0.4, -0.2) is 10.3 Å². The molecule has 1 unspecified atom stereocenters. The van der Waals surface area contributed by atoms with E-state index in [0.717, 1.165) is 46.6 Å². The fourth-order valence-corrected chi connectivity index (χ4v) is 9.73. The van der Waals surface area contributed by atoms with Crippen LogP contribution in [0.15, 0.2) is 170 Å². The van der Waals surface area contributed by atoms with E-state index in [1.165, 1.54) is 52.5 Å². The van der Waals surface area contributed by atoms with Crippen molar-refractivity contribution < 1.29 is 0 Å². The molecule has 1 N–H and O–H groups in total. The van der Waals surface area contributed by atoms with Gasteiger partial charge in [0.05, 0.1) is 21.6 Å². The number of benzene rings is 6. The summed E-state index contributed by atoms with van der Waals surface area (Å²) in [7, 11) is 0. The molecule has 3 nitrogen and oxygen atoms in total. The molecule has 6 aromatic carbocycles. The minimum atomic E-state index is -0.187. The molecule has 1 atom stereocenters. The van der Waals surface area contributed by atoms with Crippen LogP contribution in [0.1, 0.15) is 40.4 Å². The van der Waals surface area contributed by atoms with Gasteiger partial charge in [0, 0.05) is 36.8 Å². The molecule has 10 rings (SSSR count). The van der Waals surface area contributed by atoms with Crippen molar-refractivity contribution in [1.29, 1.82) is 0 Å². The van der Waals surface area contributed by atoms with Gasteiger partial charge in [-0.2, -0.15) is 0 Å². The van der Waals surface area contributed by atoms with Gasteiger partial charge in [0.15, 0.2) is 0 Å². The van der Waals surface area contributed by atoms with Gasteiger partial charge in [-0.3, -0.25) is 4.99 Å². The smallest absolute Gasteiger partial charge is 0.145 e. The van der Waals surface area contributed by atoms with E-state index in [-0.39, 0.29) is 6.17 Å². The first kappa shape index (κ1) is 28.8. The van der Waals surface area contributed by atoms with Crippen molar-refractivity contribution in [1.82, 2.24) is 9.88 Å². The molecule has 0 amide bonds. The molecule has 7 aromatic rings. The number of hydrogen-bond donors (Lipinski definition) is 1. The highest BCUT2D eigenvalue weighted by molar-refractivity contribution is 8.05. The number of fused-ring (bicyclic) bond motifs is 7. The minimum Gasteiger partial charge on any atom is -0.360 e. The summed E-state index contributed by atoms with van der Waals surface area (Å²) in [6, 6.07) is 48.4. The van der Waals surface area contributed by atoms with Crippen molar-refractivity contribution in [2.75, 3.05) is 0 Å². The van der Waals surface area contributed by atoms with Crippen LogP contribution >= 0.6 is 23.5 Å². The van der Waals surface area contributed by atoms with Crippen LogP contribution in [0.3, 0.4) is 0 Å². The third kappa shape index (κ3) is 4.96. The van der Waals surface area contributed by atoms with Gasteiger partial charge in [0.25, 0.3) is 0 Å². The molecule has 1 aromatic heterocycles. The lowest BCUT2D eigenvalue weighted by atomic mass is 9.95. The number of allylic oxidation sites excluding steroid dienone is 2. The predicted octanol–water partition coefficient (Wildman–Crippen LogP) is 11.5. The van der Waals surface area contributed by atoms with Crippen molar-refractivity contribution in [2.24, 2.45) is 4.99 Å². The second-order valence-electron chi connectivity index (χ2n) is 12.7. The van der Waals surface area contributed by atoms with Crippen LogP contribution < -0.4 is 5.32 Å². The van der Waals surface area contributed by atoms with Crippen molar-refractivity contribution >= 4 is 62.8 Å². The van der Waals surface area contributed by atoms with E-state index in [4.69, 9.17) is 4.99 Å². The van der Waals surface area contributed by atoms with E-state index in [1.54, 1.807) is 0 Å². The Morgan fingerprint density at radius 2 is 1.45 bits per heavy atom. The molecule has 3 aliphatic rings. The van der Waals surface area contributed by atoms with Gasteiger partial charge in [0.2, 0.25) is 0 Å². The number of aromatic nitrogens is 1. The number of aliphatic imine (C=N–C) groups is 1. The molecule has 0 saturated carbocycles. The number of hydrogen-bond acceptors (Lipinski definition) is 4. The Bertz CT molecular complexity index is 2530. The van der Waals surface area contributed by atoms with Crippen molar-refractivity contribution in [2.45, 2.75) is 38.6 Å². The molecular formula is C44H31N3S2. The van der Waals surface area contributed by atoms with Gasteiger partial charge in [-0.25, -0.2) is 0 Å². The summed E-state index contributed by atoms with van der Waals surface area (Å²) in [5.74, 6) is 0. The number of nitrogens with zero attached hydrogens (tertiary/aromatic N) is 2. The third-order valence-corrected chi connectivity index (χ3v) is 12.3. The van der Waals surface area contributed by atoms with E-state index in [9.17, 15) is 0 Å². The van der Waals surface area contributed by atoms with Gasteiger partial charge in [-0.1, -0.05) is 127 Å². The third-order valence-electron chi connectivity index (χ3n) is 9.71. The van der Waals surface area contributed by atoms with E-state index >= 15 is 0 Å². The van der Waals surface area contributed by atoms with Crippen LogP contribution in [0, 0.1) is 0 Å². The normalized spacial score (nSPS) is 16.4. The van der Waals surface area contributed by atoms with Gasteiger partial charge < -0.3 is 9.88 Å². The summed E-state index contributed by atoms with van der Waals surface area (Å²) in [6.45, 7) is 0. The quantitative estimate of drug-likeness (QED) is 0.203. The lowest BCUT2D eigenvalue weighted by Crippen LogP contribution is -2.24. The zero-order valence-electron chi connectivity index (χ0n) is 26.6. The summed E-state index contributed by atoms with van der Waals surface area (Å²) in [6.07, 6.45) is 8.78. The van der Waals surface area contributed by atoms with Crippen LogP contribution in [0.25, 0.3) is 39.3 Å². The Morgan fingerprint density at radius 1 is 0.673 bits per heavy atom. The largest absolute Gasteiger partial charge is 0.360 e. The fraction of sp³-hybridized carbons (Fsp3) is 0.0682. The molecule has 3 heterocycles. The fourth-order valence-electron chi connectivity index (χ4n) is 7.35. The number of nitrogens with one attached hydrogen (secondary N) is 1. The zero-order chi connectivity index (χ0) is 32.3. The van der Waals surface area contributed by atoms with Crippen LogP contribution in [0.2, 0.25) is 0 Å². The average molecular weight is 666 g/mol. The van der Waals surface area contributed by atoms with Crippen LogP contribution in [0.5, 0.6) is 0 Å². The summed E-state index contributed by atoms with van der Waals surface area (Å²) in [4.78, 5) is 10.5. The molecule has 0 radical (unpaired) electrons. The summed E-state index contributed by atoms with van der Waals surface area (Å²) in [5, 5.41) is 6.38. The lowest BCUT2D eigenvalue weighted by Gasteiger charge is -2.25. The molecule has 49 heavy (non-hydrogen) atoms. The molecule has 0 saturated heterocycles. The van der Waals surface area contributed by atoms with E-state index in [2.05, 4.69) is 162 Å². The predicted molar refractivity (Wildman–Crippen MR) is 206 cm³/mol. The highest BCUT2D eigenvalue weighted by atomic mass is 32.2. The highest BCUT2D eigenvalue weighted by Gasteiger charge is 2.26. The Hall–Kier alpha value is -5.23. The first-order valence-electron chi connectivity index (χ1n) is 16.8. The van der Waals surface area contributed by atoms with Crippen LogP contribution in [-0.2, 0) is 6.42 Å². The number of aryl methyl sites for hydroxylation is 1. The summed E-state index contributed by atoms with van der Waals surface area (Å²) in [5.41, 5.74) is 11.9. The summed E-state index contributed by atoms with van der Waals surface area (Å²) >= 11 is 3.78. The summed E-state index contributed by atoms with van der Waals surface area (Å²) < 4.78 is 2.53. The Balaban J connectivity index is 1.17. The molecule has 5 heteroatoms. The maximum Gasteiger partial charge on any atom is 0.145 e. The Kier molecular flexibility index (Phi) is 6.88. The maximum absolute atomic E-state index is 5.17. The second kappa shape index (κ2) is 11.7. The molecule has 0 spiro atoms. The van der Waals surface area contributed by atoms with Crippen molar-refractivity contribution in [3.05, 3.63) is 173 Å². The first-order valence-corrected chi connectivity index (χ1v) is 18.4. The lowest BCUT2D eigenvalue weighted by molar-refractivity contribution is 0.664.